The van der Waals surface area contributed by atoms with Crippen molar-refractivity contribution in [1.29, 1.82) is 5.26 Å². The minimum absolute atomic E-state index is 0.0228. The van der Waals surface area contributed by atoms with Crippen LogP contribution in [0, 0.1) is 11.3 Å². The monoisotopic (exact) mass is 371 g/mol. The topological polar surface area (TPSA) is 90.7 Å². The van der Waals surface area contributed by atoms with Gasteiger partial charge in [0, 0.05) is 5.69 Å². The van der Waals surface area contributed by atoms with E-state index in [-0.39, 0.29) is 11.1 Å². The number of hydrogen-bond donors (Lipinski definition) is 2. The fraction of sp³-hybridized carbons (Fsp3) is 0.182. The van der Waals surface area contributed by atoms with E-state index < -0.39 is 5.91 Å². The van der Waals surface area contributed by atoms with Gasteiger partial charge in [0.2, 0.25) is 0 Å². The second-order valence-corrected chi connectivity index (χ2v) is 7.34. The highest BCUT2D eigenvalue weighted by molar-refractivity contribution is 6.03. The van der Waals surface area contributed by atoms with Gasteiger partial charge in [-0.25, -0.2) is 0 Å². The van der Waals surface area contributed by atoms with Gasteiger partial charge in [-0.3, -0.25) is 4.79 Å². The number of carbonyl (C=O) groups excluding carboxylic acids is 1. The summed E-state index contributed by atoms with van der Waals surface area (Å²) in [4.78, 5) is 12.4. The first kappa shape index (κ1) is 19.1. The van der Waals surface area contributed by atoms with Crippen LogP contribution < -0.4 is 10.6 Å². The zero-order valence-corrected chi connectivity index (χ0v) is 16.0. The SMILES string of the molecule is CC(C)(C)c1ccccc1Nc1ccc(C(=O)Nc2ccccc2C#N)nn1. The van der Waals surface area contributed by atoms with Gasteiger partial charge < -0.3 is 10.6 Å². The summed E-state index contributed by atoms with van der Waals surface area (Å²) in [7, 11) is 0. The van der Waals surface area contributed by atoms with Gasteiger partial charge in [0.1, 0.15) is 6.07 Å². The molecule has 140 valence electrons. The summed E-state index contributed by atoms with van der Waals surface area (Å²) >= 11 is 0. The molecule has 3 rings (SSSR count). The van der Waals surface area contributed by atoms with Crippen LogP contribution in [0.25, 0.3) is 0 Å². The van der Waals surface area contributed by atoms with Crippen molar-refractivity contribution in [3.8, 4) is 6.07 Å². The maximum absolute atomic E-state index is 12.4. The molecule has 3 aromatic rings. The van der Waals surface area contributed by atoms with E-state index in [2.05, 4.69) is 47.7 Å². The van der Waals surface area contributed by atoms with Gasteiger partial charge in [-0.15, -0.1) is 10.2 Å². The molecule has 28 heavy (non-hydrogen) atoms. The Labute approximate surface area is 164 Å². The highest BCUT2D eigenvalue weighted by Gasteiger charge is 2.18. The van der Waals surface area contributed by atoms with E-state index in [0.717, 1.165) is 11.3 Å². The molecule has 0 aliphatic heterocycles. The molecule has 0 fully saturated rings. The van der Waals surface area contributed by atoms with E-state index in [4.69, 9.17) is 5.26 Å². The Morgan fingerprint density at radius 1 is 0.929 bits per heavy atom. The van der Waals surface area contributed by atoms with Crippen molar-refractivity contribution in [2.75, 3.05) is 10.6 Å². The molecule has 6 nitrogen and oxygen atoms in total. The first-order valence-electron chi connectivity index (χ1n) is 8.89. The first-order chi connectivity index (χ1) is 13.4. The summed E-state index contributed by atoms with van der Waals surface area (Å²) in [5.41, 5.74) is 3.09. The van der Waals surface area contributed by atoms with Gasteiger partial charge in [0.15, 0.2) is 11.5 Å². The average molecular weight is 371 g/mol. The van der Waals surface area contributed by atoms with Gasteiger partial charge in [0.25, 0.3) is 5.91 Å². The van der Waals surface area contributed by atoms with Crippen LogP contribution in [0.4, 0.5) is 17.2 Å². The predicted octanol–water partition coefficient (Wildman–Crippen LogP) is 4.64. The zero-order chi connectivity index (χ0) is 20.1. The minimum atomic E-state index is -0.420. The number of rotatable bonds is 4. The Morgan fingerprint density at radius 2 is 1.61 bits per heavy atom. The molecule has 0 radical (unpaired) electrons. The second kappa shape index (κ2) is 7.89. The summed E-state index contributed by atoms with van der Waals surface area (Å²) in [6.07, 6.45) is 0. The third kappa shape index (κ3) is 4.33. The molecule has 0 spiro atoms. The van der Waals surface area contributed by atoms with E-state index >= 15 is 0 Å². The predicted molar refractivity (Wildman–Crippen MR) is 110 cm³/mol. The number of nitriles is 1. The highest BCUT2D eigenvalue weighted by atomic mass is 16.1. The number of carbonyl (C=O) groups is 1. The number of hydrogen-bond acceptors (Lipinski definition) is 5. The molecule has 0 saturated carbocycles. The van der Waals surface area contributed by atoms with Crippen molar-refractivity contribution < 1.29 is 4.79 Å². The van der Waals surface area contributed by atoms with Gasteiger partial charge >= 0.3 is 0 Å². The Balaban J connectivity index is 1.76. The number of nitrogens with zero attached hydrogens (tertiary/aromatic N) is 3. The molecule has 0 atom stereocenters. The number of anilines is 3. The number of nitrogens with one attached hydrogen (secondary N) is 2. The van der Waals surface area contributed by atoms with Crippen LogP contribution >= 0.6 is 0 Å². The van der Waals surface area contributed by atoms with Crippen LogP contribution in [0.3, 0.4) is 0 Å². The Morgan fingerprint density at radius 3 is 2.25 bits per heavy atom. The lowest BCUT2D eigenvalue weighted by molar-refractivity contribution is 0.102. The molecule has 0 aliphatic carbocycles. The smallest absolute Gasteiger partial charge is 0.276 e. The summed E-state index contributed by atoms with van der Waals surface area (Å²) in [6, 6.07) is 20.2. The normalized spacial score (nSPS) is 10.8. The maximum Gasteiger partial charge on any atom is 0.276 e. The van der Waals surface area contributed by atoms with Crippen molar-refractivity contribution >= 4 is 23.1 Å². The standard InChI is InChI=1S/C22H21N5O/c1-22(2,3)16-9-5-7-11-18(16)24-20-13-12-19(26-27-20)21(28)25-17-10-6-4-8-15(17)14-23/h4-13H,1-3H3,(H,24,27)(H,25,28). The summed E-state index contributed by atoms with van der Waals surface area (Å²) in [5, 5.41) is 23.2. The number of para-hydroxylation sites is 2. The van der Waals surface area contributed by atoms with E-state index in [1.807, 2.05) is 24.3 Å². The molecule has 6 heteroatoms. The van der Waals surface area contributed by atoms with Gasteiger partial charge in [-0.1, -0.05) is 51.1 Å². The van der Waals surface area contributed by atoms with Gasteiger partial charge in [-0.05, 0) is 41.3 Å². The van der Waals surface area contributed by atoms with Crippen LogP contribution in [0.2, 0.25) is 0 Å². The van der Waals surface area contributed by atoms with Gasteiger partial charge in [-0.2, -0.15) is 5.26 Å². The summed E-state index contributed by atoms with van der Waals surface area (Å²) < 4.78 is 0. The van der Waals surface area contributed by atoms with Crippen LogP contribution in [0.15, 0.2) is 60.7 Å². The van der Waals surface area contributed by atoms with Crippen molar-refractivity contribution in [3.05, 3.63) is 77.5 Å². The third-order valence-electron chi connectivity index (χ3n) is 4.19. The molecule has 2 aromatic carbocycles. The van der Waals surface area contributed by atoms with Crippen molar-refractivity contribution in [2.24, 2.45) is 0 Å². The molecule has 1 aromatic heterocycles. The first-order valence-corrected chi connectivity index (χ1v) is 8.89. The quantitative estimate of drug-likeness (QED) is 0.697. The molecule has 0 unspecified atom stereocenters. The molecule has 1 heterocycles. The molecule has 2 N–H and O–H groups in total. The van der Waals surface area contributed by atoms with Crippen LogP contribution in [0.5, 0.6) is 0 Å². The summed E-state index contributed by atoms with van der Waals surface area (Å²) in [5.74, 6) is 0.127. The highest BCUT2D eigenvalue weighted by Crippen LogP contribution is 2.30. The van der Waals surface area contributed by atoms with E-state index in [1.165, 1.54) is 0 Å². The van der Waals surface area contributed by atoms with E-state index in [0.29, 0.717) is 17.1 Å². The largest absolute Gasteiger partial charge is 0.338 e. The van der Waals surface area contributed by atoms with Crippen molar-refractivity contribution in [1.82, 2.24) is 10.2 Å². The van der Waals surface area contributed by atoms with Gasteiger partial charge in [0.05, 0.1) is 11.3 Å². The second-order valence-electron chi connectivity index (χ2n) is 7.34. The van der Waals surface area contributed by atoms with Crippen molar-refractivity contribution in [2.45, 2.75) is 26.2 Å². The zero-order valence-electron chi connectivity index (χ0n) is 16.0. The minimum Gasteiger partial charge on any atom is -0.338 e. The summed E-state index contributed by atoms with van der Waals surface area (Å²) in [6.45, 7) is 6.43. The van der Waals surface area contributed by atoms with Crippen LogP contribution in [-0.4, -0.2) is 16.1 Å². The third-order valence-corrected chi connectivity index (χ3v) is 4.19. The van der Waals surface area contributed by atoms with Crippen molar-refractivity contribution in [3.63, 3.8) is 0 Å². The number of aromatic nitrogens is 2. The maximum atomic E-state index is 12.4. The Bertz CT molecular complexity index is 1030. The van der Waals surface area contributed by atoms with E-state index in [1.54, 1.807) is 36.4 Å². The molecular formula is C22H21N5O. The lowest BCUT2D eigenvalue weighted by atomic mass is 9.86. The molecular weight excluding hydrogens is 350 g/mol. The van der Waals surface area contributed by atoms with E-state index in [9.17, 15) is 4.79 Å². The lowest BCUT2D eigenvalue weighted by Gasteiger charge is -2.23. The van der Waals surface area contributed by atoms with Crippen LogP contribution in [-0.2, 0) is 5.41 Å². The molecule has 0 bridgehead atoms. The average Bonchev–Trinajstić information content (AvgIpc) is 2.68. The molecule has 0 saturated heterocycles. The number of benzene rings is 2. The number of amides is 1. The molecule has 0 aliphatic rings. The lowest BCUT2D eigenvalue weighted by Crippen LogP contribution is -2.16. The Hall–Kier alpha value is -3.72. The molecule has 1 amide bonds. The Kier molecular flexibility index (Phi) is 5.37. The fourth-order valence-corrected chi connectivity index (χ4v) is 2.78. The van der Waals surface area contributed by atoms with Crippen LogP contribution in [0.1, 0.15) is 42.4 Å². The fourth-order valence-electron chi connectivity index (χ4n) is 2.78.